The van der Waals surface area contributed by atoms with E-state index in [0.717, 1.165) is 0 Å². The molecule has 0 aromatic carbocycles. The molecular weight excluding hydrogens is 192 g/mol. The summed E-state index contributed by atoms with van der Waals surface area (Å²) in [7, 11) is -3.73. The standard InChI is InChI=1S/C7H18O3SSi/c1-6-7(12(3,4)5)11(8,9)10-2/h7H,6H2,1-5H3. The first-order chi connectivity index (χ1) is 5.25. The van der Waals surface area contributed by atoms with Crippen molar-refractivity contribution in [2.24, 2.45) is 0 Å². The van der Waals surface area contributed by atoms with Crippen LogP contribution in [0, 0.1) is 0 Å². The molecule has 3 nitrogen and oxygen atoms in total. The molecule has 0 fully saturated rings. The SMILES string of the molecule is CCC([Si](C)(C)C)S(=O)(=O)OC. The van der Waals surface area contributed by atoms with Gasteiger partial charge in [0.25, 0.3) is 10.1 Å². The Hall–Kier alpha value is 0.127. The summed E-state index contributed by atoms with van der Waals surface area (Å²) in [4.78, 5) is -0.282. The van der Waals surface area contributed by atoms with E-state index in [4.69, 9.17) is 0 Å². The van der Waals surface area contributed by atoms with Gasteiger partial charge in [0.15, 0.2) is 0 Å². The summed E-state index contributed by atoms with van der Waals surface area (Å²) in [5, 5.41) is 0. The molecule has 0 spiro atoms. The van der Waals surface area contributed by atoms with Gasteiger partial charge in [-0.3, -0.25) is 4.18 Å². The molecular formula is C7H18O3SSi. The van der Waals surface area contributed by atoms with Gasteiger partial charge in [0.2, 0.25) is 0 Å². The molecule has 0 amide bonds. The Bertz CT molecular complexity index is 228. The van der Waals surface area contributed by atoms with Gasteiger partial charge in [-0.05, 0) is 6.42 Å². The molecule has 0 bridgehead atoms. The van der Waals surface area contributed by atoms with Crippen LogP contribution in [0.1, 0.15) is 13.3 Å². The number of hydrogen-bond acceptors (Lipinski definition) is 3. The Labute approximate surface area is 76.3 Å². The lowest BCUT2D eigenvalue weighted by atomic mass is 10.6. The van der Waals surface area contributed by atoms with E-state index in [1.54, 1.807) is 0 Å². The third kappa shape index (κ3) is 2.88. The van der Waals surface area contributed by atoms with Gasteiger partial charge in [0.05, 0.1) is 20.1 Å². The van der Waals surface area contributed by atoms with E-state index >= 15 is 0 Å². The first-order valence-electron chi connectivity index (χ1n) is 4.05. The topological polar surface area (TPSA) is 43.4 Å². The minimum Gasteiger partial charge on any atom is -0.273 e. The van der Waals surface area contributed by atoms with Crippen LogP contribution in [0.15, 0.2) is 0 Å². The van der Waals surface area contributed by atoms with E-state index in [1.807, 2.05) is 26.6 Å². The second kappa shape index (κ2) is 3.89. The van der Waals surface area contributed by atoms with Crippen molar-refractivity contribution in [2.45, 2.75) is 37.9 Å². The highest BCUT2D eigenvalue weighted by Crippen LogP contribution is 2.20. The van der Waals surface area contributed by atoms with Crippen LogP contribution in [0.3, 0.4) is 0 Å². The van der Waals surface area contributed by atoms with Crippen LogP contribution in [-0.2, 0) is 14.3 Å². The molecule has 74 valence electrons. The van der Waals surface area contributed by atoms with Gasteiger partial charge in [-0.1, -0.05) is 26.6 Å². The largest absolute Gasteiger partial charge is 0.273 e. The summed E-state index contributed by atoms with van der Waals surface area (Å²) in [5.41, 5.74) is 0. The zero-order chi connectivity index (χ0) is 9.99. The lowest BCUT2D eigenvalue weighted by Crippen LogP contribution is -2.44. The summed E-state index contributed by atoms with van der Waals surface area (Å²) >= 11 is 0. The van der Waals surface area contributed by atoms with E-state index in [2.05, 4.69) is 4.18 Å². The molecule has 0 aromatic heterocycles. The zero-order valence-corrected chi connectivity index (χ0v) is 10.2. The van der Waals surface area contributed by atoms with Gasteiger partial charge in [-0.25, -0.2) is 0 Å². The van der Waals surface area contributed by atoms with Gasteiger partial charge in [0.1, 0.15) is 0 Å². The maximum absolute atomic E-state index is 11.4. The van der Waals surface area contributed by atoms with Crippen molar-refractivity contribution in [1.29, 1.82) is 0 Å². The fraction of sp³-hybridized carbons (Fsp3) is 1.00. The van der Waals surface area contributed by atoms with E-state index in [-0.39, 0.29) is 4.87 Å². The van der Waals surface area contributed by atoms with Crippen LogP contribution in [0.5, 0.6) is 0 Å². The molecule has 0 aliphatic rings. The smallest absolute Gasteiger partial charge is 0.267 e. The van der Waals surface area contributed by atoms with Crippen molar-refractivity contribution < 1.29 is 12.6 Å². The Morgan fingerprint density at radius 1 is 1.33 bits per heavy atom. The second-order valence-electron chi connectivity index (χ2n) is 3.92. The number of hydrogen-bond donors (Lipinski definition) is 0. The molecule has 0 rings (SSSR count). The first kappa shape index (κ1) is 12.1. The Balaban J connectivity index is 4.82. The van der Waals surface area contributed by atoms with Crippen LogP contribution < -0.4 is 0 Å². The summed E-state index contributed by atoms with van der Waals surface area (Å²) in [6, 6.07) is 0. The van der Waals surface area contributed by atoms with E-state index in [1.165, 1.54) is 7.11 Å². The third-order valence-electron chi connectivity index (χ3n) is 1.92. The Morgan fingerprint density at radius 3 is 1.83 bits per heavy atom. The molecule has 0 aliphatic carbocycles. The van der Waals surface area contributed by atoms with Gasteiger partial charge >= 0.3 is 0 Å². The molecule has 0 heterocycles. The fourth-order valence-electron chi connectivity index (χ4n) is 1.37. The third-order valence-corrected chi connectivity index (χ3v) is 8.74. The molecule has 0 saturated heterocycles. The highest BCUT2D eigenvalue weighted by molar-refractivity contribution is 7.89. The summed E-state index contributed by atoms with van der Waals surface area (Å²) in [5.74, 6) is 0. The van der Waals surface area contributed by atoms with Gasteiger partial charge < -0.3 is 0 Å². The van der Waals surface area contributed by atoms with Crippen LogP contribution in [0.2, 0.25) is 19.6 Å². The quantitative estimate of drug-likeness (QED) is 0.523. The van der Waals surface area contributed by atoms with Crippen molar-refractivity contribution in [2.75, 3.05) is 7.11 Å². The highest BCUT2D eigenvalue weighted by atomic mass is 32.2. The molecule has 0 aromatic rings. The molecule has 5 heteroatoms. The summed E-state index contributed by atoms with van der Waals surface area (Å²) in [6.07, 6.45) is 0.645. The monoisotopic (exact) mass is 210 g/mol. The molecule has 0 aliphatic heterocycles. The van der Waals surface area contributed by atoms with Crippen molar-refractivity contribution in [3.63, 3.8) is 0 Å². The lowest BCUT2D eigenvalue weighted by Gasteiger charge is -2.25. The Kier molecular flexibility index (Phi) is 3.93. The second-order valence-corrected chi connectivity index (χ2v) is 11.7. The summed E-state index contributed by atoms with van der Waals surface area (Å²) in [6.45, 7) is 8.01. The maximum Gasteiger partial charge on any atom is 0.267 e. The van der Waals surface area contributed by atoms with Crippen LogP contribution in [-0.4, -0.2) is 28.5 Å². The minimum absolute atomic E-state index is 0.282. The first-order valence-corrected chi connectivity index (χ1v) is 9.10. The molecule has 0 N–H and O–H groups in total. The molecule has 1 unspecified atom stereocenters. The zero-order valence-electron chi connectivity index (χ0n) is 8.42. The van der Waals surface area contributed by atoms with E-state index in [9.17, 15) is 8.42 Å². The summed E-state index contributed by atoms with van der Waals surface area (Å²) < 4.78 is 27.3. The molecule has 0 saturated carbocycles. The van der Waals surface area contributed by atoms with E-state index in [0.29, 0.717) is 6.42 Å². The molecule has 1 atom stereocenters. The predicted molar refractivity (Wildman–Crippen MR) is 53.4 cm³/mol. The lowest BCUT2D eigenvalue weighted by molar-refractivity contribution is 0.393. The van der Waals surface area contributed by atoms with Crippen molar-refractivity contribution in [1.82, 2.24) is 0 Å². The fourth-order valence-corrected chi connectivity index (χ4v) is 6.98. The average Bonchev–Trinajstić information content (AvgIpc) is 1.85. The Morgan fingerprint density at radius 2 is 1.75 bits per heavy atom. The molecule has 0 radical (unpaired) electrons. The maximum atomic E-state index is 11.4. The van der Waals surface area contributed by atoms with Gasteiger partial charge in [0, 0.05) is 0 Å². The van der Waals surface area contributed by atoms with Crippen molar-refractivity contribution in [3.8, 4) is 0 Å². The number of rotatable bonds is 4. The van der Waals surface area contributed by atoms with E-state index < -0.39 is 18.2 Å². The minimum atomic E-state index is -3.31. The van der Waals surface area contributed by atoms with Gasteiger partial charge in [-0.15, -0.1) is 0 Å². The van der Waals surface area contributed by atoms with Crippen LogP contribution in [0.4, 0.5) is 0 Å². The van der Waals surface area contributed by atoms with Crippen LogP contribution in [0.25, 0.3) is 0 Å². The normalized spacial score (nSPS) is 16.1. The van der Waals surface area contributed by atoms with Crippen molar-refractivity contribution in [3.05, 3.63) is 0 Å². The highest BCUT2D eigenvalue weighted by Gasteiger charge is 2.36. The average molecular weight is 210 g/mol. The predicted octanol–water partition coefficient (Wildman–Crippen LogP) is 1.62. The van der Waals surface area contributed by atoms with Crippen molar-refractivity contribution >= 4 is 18.2 Å². The molecule has 12 heavy (non-hydrogen) atoms. The van der Waals surface area contributed by atoms with Crippen LogP contribution >= 0.6 is 0 Å². The van der Waals surface area contributed by atoms with Gasteiger partial charge in [-0.2, -0.15) is 8.42 Å².